The Hall–Kier alpha value is -4.13. The molecule has 4 aromatic rings. The maximum atomic E-state index is 13.2. The number of nitrogens with zero attached hydrogens (tertiary/aromatic N) is 2. The number of aryl methyl sites for hydroxylation is 1. The first kappa shape index (κ1) is 22.1. The highest BCUT2D eigenvalue weighted by Gasteiger charge is 2.22. The van der Waals surface area contributed by atoms with Crippen LogP contribution in [0.15, 0.2) is 60.9 Å². The maximum Gasteiger partial charge on any atom is 0.340 e. The van der Waals surface area contributed by atoms with Gasteiger partial charge in [0.25, 0.3) is 0 Å². The molecule has 0 aliphatic carbocycles. The van der Waals surface area contributed by atoms with Gasteiger partial charge in [0.15, 0.2) is 11.5 Å². The average molecular weight is 444 g/mol. The van der Waals surface area contributed by atoms with Crippen molar-refractivity contribution in [3.8, 4) is 22.8 Å². The summed E-state index contributed by atoms with van der Waals surface area (Å²) in [6.07, 6.45) is 1.55. The Balaban J connectivity index is 1.86. The van der Waals surface area contributed by atoms with Crippen molar-refractivity contribution in [2.24, 2.45) is 0 Å². The van der Waals surface area contributed by atoms with Crippen molar-refractivity contribution >= 4 is 17.3 Å². The van der Waals surface area contributed by atoms with Crippen molar-refractivity contribution < 1.29 is 23.8 Å². The Morgan fingerprint density at radius 3 is 2.33 bits per heavy atom. The molecule has 0 aliphatic heterocycles. The molecule has 0 aliphatic rings. The zero-order valence-electron chi connectivity index (χ0n) is 18.9. The van der Waals surface area contributed by atoms with Gasteiger partial charge in [-0.15, -0.1) is 0 Å². The van der Waals surface area contributed by atoms with Gasteiger partial charge in [-0.25, -0.2) is 9.78 Å². The molecule has 0 atom stereocenters. The van der Waals surface area contributed by atoms with Crippen LogP contribution < -0.4 is 9.47 Å². The van der Waals surface area contributed by atoms with Crippen molar-refractivity contribution in [1.29, 1.82) is 0 Å². The highest BCUT2D eigenvalue weighted by Crippen LogP contribution is 2.32. The molecule has 0 fully saturated rings. The van der Waals surface area contributed by atoms with Crippen molar-refractivity contribution in [3.05, 3.63) is 83.3 Å². The Kier molecular flexibility index (Phi) is 6.13. The van der Waals surface area contributed by atoms with Crippen LogP contribution in [0.2, 0.25) is 0 Å². The number of aromatic nitrogens is 2. The Morgan fingerprint density at radius 1 is 0.939 bits per heavy atom. The maximum absolute atomic E-state index is 13.2. The minimum absolute atomic E-state index is 0.207. The average Bonchev–Trinajstić information content (AvgIpc) is 3.22. The van der Waals surface area contributed by atoms with Gasteiger partial charge in [-0.3, -0.25) is 9.20 Å². The molecule has 168 valence electrons. The molecule has 0 unspecified atom stereocenters. The fourth-order valence-electron chi connectivity index (χ4n) is 3.65. The summed E-state index contributed by atoms with van der Waals surface area (Å²) in [7, 11) is 3.13. The Morgan fingerprint density at radius 2 is 1.67 bits per heavy atom. The molecular formula is C26H24N2O5. The summed E-state index contributed by atoms with van der Waals surface area (Å²) in [4.78, 5) is 30.5. The van der Waals surface area contributed by atoms with Gasteiger partial charge in [0.05, 0.1) is 43.3 Å². The van der Waals surface area contributed by atoms with E-state index in [1.54, 1.807) is 62.2 Å². The van der Waals surface area contributed by atoms with E-state index in [0.29, 0.717) is 39.5 Å². The molecule has 33 heavy (non-hydrogen) atoms. The number of ketones is 1. The number of carbonyl (C=O) groups excluding carboxylic acids is 2. The third-order valence-corrected chi connectivity index (χ3v) is 5.38. The fourth-order valence-corrected chi connectivity index (χ4v) is 3.65. The lowest BCUT2D eigenvalue weighted by Gasteiger charge is -2.10. The van der Waals surface area contributed by atoms with Crippen LogP contribution >= 0.6 is 0 Å². The number of fused-ring (bicyclic) bond motifs is 1. The smallest absolute Gasteiger partial charge is 0.340 e. The number of methoxy groups -OCH3 is 2. The normalized spacial score (nSPS) is 10.8. The lowest BCUT2D eigenvalue weighted by molar-refractivity contribution is 0.0529. The van der Waals surface area contributed by atoms with E-state index >= 15 is 0 Å². The monoisotopic (exact) mass is 444 g/mol. The number of esters is 1. The lowest BCUT2D eigenvalue weighted by Crippen LogP contribution is -2.05. The van der Waals surface area contributed by atoms with Crippen LogP contribution in [0.1, 0.15) is 38.9 Å². The number of hydrogen-bond acceptors (Lipinski definition) is 6. The molecule has 0 amide bonds. The predicted molar refractivity (Wildman–Crippen MR) is 124 cm³/mol. The summed E-state index contributed by atoms with van der Waals surface area (Å²) in [5.74, 6) is 0.458. The Labute approximate surface area is 191 Å². The van der Waals surface area contributed by atoms with Crippen molar-refractivity contribution in [2.75, 3.05) is 20.8 Å². The summed E-state index contributed by atoms with van der Waals surface area (Å²) in [5.41, 5.74) is 4.14. The molecule has 2 heterocycles. The molecule has 4 rings (SSSR count). The van der Waals surface area contributed by atoms with Gasteiger partial charge in [0.1, 0.15) is 6.33 Å². The zero-order valence-corrected chi connectivity index (χ0v) is 18.9. The minimum Gasteiger partial charge on any atom is -0.493 e. The lowest BCUT2D eigenvalue weighted by atomic mass is 10.1. The first-order chi connectivity index (χ1) is 16.0. The quantitative estimate of drug-likeness (QED) is 0.303. The SMILES string of the molecule is CCOC(=O)c1cc(C(=O)c2ccc(C)cc2)n2cnc(-c3ccc(OC)c(OC)c3)cc12. The summed E-state index contributed by atoms with van der Waals surface area (Å²) in [6.45, 7) is 3.93. The second-order valence-corrected chi connectivity index (χ2v) is 7.46. The van der Waals surface area contributed by atoms with Gasteiger partial charge >= 0.3 is 5.97 Å². The largest absolute Gasteiger partial charge is 0.493 e. The molecule has 2 aromatic carbocycles. The van der Waals surface area contributed by atoms with Gasteiger partial charge in [0.2, 0.25) is 5.78 Å². The third kappa shape index (κ3) is 4.17. The summed E-state index contributed by atoms with van der Waals surface area (Å²) in [5, 5.41) is 0. The van der Waals surface area contributed by atoms with Crippen LogP contribution in [-0.2, 0) is 4.74 Å². The molecule has 7 heteroatoms. The van der Waals surface area contributed by atoms with Crippen LogP contribution in [0.4, 0.5) is 0 Å². The summed E-state index contributed by atoms with van der Waals surface area (Å²) >= 11 is 0. The molecular weight excluding hydrogens is 420 g/mol. The van der Waals surface area contributed by atoms with Crippen LogP contribution in [0.5, 0.6) is 11.5 Å². The van der Waals surface area contributed by atoms with Crippen LogP contribution in [0.25, 0.3) is 16.8 Å². The summed E-state index contributed by atoms with van der Waals surface area (Å²) < 4.78 is 17.6. The molecule has 0 spiro atoms. The van der Waals surface area contributed by atoms with Gasteiger partial charge in [0, 0.05) is 11.1 Å². The number of carbonyl (C=O) groups is 2. The number of ether oxygens (including phenoxy) is 3. The van der Waals surface area contributed by atoms with Crippen molar-refractivity contribution in [3.63, 3.8) is 0 Å². The van der Waals surface area contributed by atoms with Crippen molar-refractivity contribution in [1.82, 2.24) is 9.38 Å². The standard InChI is InChI=1S/C26H24N2O5/c1-5-33-26(30)19-13-22(25(29)17-8-6-16(2)7-9-17)28-15-27-20(14-21(19)28)18-10-11-23(31-3)24(12-18)32-4/h6-15H,5H2,1-4H3. The van der Waals surface area contributed by atoms with E-state index in [-0.39, 0.29) is 12.4 Å². The third-order valence-electron chi connectivity index (χ3n) is 5.38. The van der Waals surface area contributed by atoms with Gasteiger partial charge < -0.3 is 14.2 Å². The predicted octanol–water partition coefficient (Wildman–Crippen LogP) is 4.73. The van der Waals surface area contributed by atoms with Gasteiger partial charge in [-0.1, -0.05) is 29.8 Å². The minimum atomic E-state index is -0.498. The summed E-state index contributed by atoms with van der Waals surface area (Å²) in [6, 6.07) is 16.1. The van der Waals surface area contributed by atoms with Crippen LogP contribution in [0, 0.1) is 6.92 Å². The highest BCUT2D eigenvalue weighted by atomic mass is 16.5. The van der Waals surface area contributed by atoms with E-state index < -0.39 is 5.97 Å². The van der Waals surface area contributed by atoms with Gasteiger partial charge in [-0.2, -0.15) is 0 Å². The van der Waals surface area contributed by atoms with Crippen molar-refractivity contribution in [2.45, 2.75) is 13.8 Å². The molecule has 7 nitrogen and oxygen atoms in total. The highest BCUT2D eigenvalue weighted by molar-refractivity contribution is 6.11. The van der Waals surface area contributed by atoms with E-state index in [2.05, 4.69) is 4.98 Å². The molecule has 0 radical (unpaired) electrons. The van der Waals surface area contributed by atoms with Crippen LogP contribution in [0.3, 0.4) is 0 Å². The fraction of sp³-hybridized carbons (Fsp3) is 0.192. The molecule has 2 aromatic heterocycles. The molecule has 0 N–H and O–H groups in total. The Bertz CT molecular complexity index is 1340. The van der Waals surface area contributed by atoms with E-state index in [1.165, 1.54) is 0 Å². The molecule has 0 saturated carbocycles. The molecule has 0 bridgehead atoms. The first-order valence-electron chi connectivity index (χ1n) is 10.5. The second-order valence-electron chi connectivity index (χ2n) is 7.46. The topological polar surface area (TPSA) is 79.1 Å². The second kappa shape index (κ2) is 9.16. The van der Waals surface area contributed by atoms with Crippen LogP contribution in [-0.4, -0.2) is 42.0 Å². The number of hydrogen-bond donors (Lipinski definition) is 0. The van der Waals surface area contributed by atoms with Gasteiger partial charge in [-0.05, 0) is 44.2 Å². The first-order valence-corrected chi connectivity index (χ1v) is 10.5. The van der Waals surface area contributed by atoms with E-state index in [1.807, 2.05) is 31.2 Å². The van der Waals surface area contributed by atoms with E-state index in [4.69, 9.17) is 14.2 Å². The van der Waals surface area contributed by atoms with E-state index in [0.717, 1.165) is 11.1 Å². The number of benzene rings is 2. The number of rotatable bonds is 7. The zero-order chi connectivity index (χ0) is 23.5. The molecule has 0 saturated heterocycles. The van der Waals surface area contributed by atoms with E-state index in [9.17, 15) is 9.59 Å².